The molecule has 1 aromatic rings. The van der Waals surface area contributed by atoms with Crippen molar-refractivity contribution in [1.29, 1.82) is 0 Å². The first kappa shape index (κ1) is 9.60. The van der Waals surface area contributed by atoms with E-state index in [1.54, 1.807) is 6.07 Å². The maximum Gasteiger partial charge on any atom is 0.322 e. The fraction of sp³-hybridized carbons (Fsp3) is 0.143. The van der Waals surface area contributed by atoms with Gasteiger partial charge in [-0.05, 0) is 12.1 Å². The Bertz CT molecular complexity index is 330. The van der Waals surface area contributed by atoms with Gasteiger partial charge in [-0.15, -0.1) is 0 Å². The maximum atomic E-state index is 10.2. The summed E-state index contributed by atoms with van der Waals surface area (Å²) in [6, 6.07) is 3.09. The van der Waals surface area contributed by atoms with Crippen LogP contribution in [0.15, 0.2) is 12.1 Å². The first-order chi connectivity index (χ1) is 6.09. The van der Waals surface area contributed by atoms with E-state index in [2.05, 4.69) is 10.3 Å². The van der Waals surface area contributed by atoms with Crippen LogP contribution < -0.4 is 11.1 Å². The molecule has 1 aromatic heterocycles. The van der Waals surface area contributed by atoms with Gasteiger partial charge in [0.15, 0.2) is 5.82 Å². The van der Waals surface area contributed by atoms with Crippen molar-refractivity contribution in [1.82, 2.24) is 4.98 Å². The monoisotopic (exact) mass is 201 g/mol. The fourth-order valence-electron chi connectivity index (χ4n) is 0.747. The zero-order valence-electron chi connectivity index (χ0n) is 6.62. The van der Waals surface area contributed by atoms with Gasteiger partial charge in [0.1, 0.15) is 11.7 Å². The van der Waals surface area contributed by atoms with Crippen molar-refractivity contribution in [2.24, 2.45) is 0 Å². The minimum absolute atomic E-state index is 0.239. The summed E-state index contributed by atoms with van der Waals surface area (Å²) in [6.07, 6.45) is 0. The van der Waals surface area contributed by atoms with Gasteiger partial charge in [0.2, 0.25) is 0 Å². The highest BCUT2D eigenvalue weighted by Gasteiger charge is 2.03. The number of carboxylic acid groups (broad SMARTS) is 1. The van der Waals surface area contributed by atoms with Crippen LogP contribution in [0.25, 0.3) is 0 Å². The number of nitrogen functional groups attached to an aromatic ring is 1. The molecule has 0 aliphatic heterocycles. The third-order valence-electron chi connectivity index (χ3n) is 1.30. The van der Waals surface area contributed by atoms with Gasteiger partial charge in [0, 0.05) is 0 Å². The van der Waals surface area contributed by atoms with E-state index >= 15 is 0 Å². The number of aromatic nitrogens is 1. The van der Waals surface area contributed by atoms with Crippen LogP contribution in [0.2, 0.25) is 5.15 Å². The van der Waals surface area contributed by atoms with Crippen molar-refractivity contribution in [3.05, 3.63) is 17.3 Å². The van der Waals surface area contributed by atoms with E-state index in [4.69, 9.17) is 22.4 Å². The number of rotatable bonds is 3. The number of pyridine rings is 1. The van der Waals surface area contributed by atoms with Crippen molar-refractivity contribution in [2.75, 3.05) is 17.6 Å². The third kappa shape index (κ3) is 2.79. The van der Waals surface area contributed by atoms with Crippen molar-refractivity contribution in [3.8, 4) is 0 Å². The molecule has 5 nitrogen and oxygen atoms in total. The van der Waals surface area contributed by atoms with Crippen molar-refractivity contribution >= 4 is 29.1 Å². The molecule has 1 heterocycles. The van der Waals surface area contributed by atoms with Gasteiger partial charge in [0.25, 0.3) is 0 Å². The molecule has 0 fully saturated rings. The predicted octanol–water partition coefficient (Wildman–Crippen LogP) is 0.814. The fourth-order valence-corrected chi connectivity index (χ4v) is 0.895. The number of nitrogens with zero attached hydrogens (tertiary/aromatic N) is 1. The quantitative estimate of drug-likeness (QED) is 0.630. The number of carboxylic acids is 1. The Morgan fingerprint density at radius 2 is 2.38 bits per heavy atom. The second kappa shape index (κ2) is 3.95. The Labute approximate surface area is 79.5 Å². The number of aliphatic carboxylic acids is 1. The van der Waals surface area contributed by atoms with Crippen LogP contribution >= 0.6 is 11.6 Å². The molecule has 1 rings (SSSR count). The van der Waals surface area contributed by atoms with Gasteiger partial charge >= 0.3 is 5.97 Å². The van der Waals surface area contributed by atoms with Gasteiger partial charge in [0.05, 0.1) is 5.69 Å². The molecule has 0 saturated heterocycles. The normalized spacial score (nSPS) is 9.62. The van der Waals surface area contributed by atoms with E-state index in [1.165, 1.54) is 6.07 Å². The Balaban J connectivity index is 2.75. The maximum absolute atomic E-state index is 10.2. The molecule has 0 aliphatic carbocycles. The molecule has 0 aliphatic rings. The lowest BCUT2D eigenvalue weighted by Gasteiger charge is -2.05. The van der Waals surface area contributed by atoms with Crippen LogP contribution in [-0.2, 0) is 4.79 Å². The molecule has 0 unspecified atom stereocenters. The standard InChI is InChI=1S/C7H8ClN3O2/c8-5-2-1-4(9)7(11-5)10-3-6(12)13/h1-2H,3,9H2,(H,10,11)(H,12,13). The van der Waals surface area contributed by atoms with Crippen LogP contribution in [0.1, 0.15) is 0 Å². The van der Waals surface area contributed by atoms with Crippen molar-refractivity contribution < 1.29 is 9.90 Å². The minimum Gasteiger partial charge on any atom is -0.480 e. The molecule has 0 spiro atoms. The second-order valence-electron chi connectivity index (χ2n) is 2.32. The number of hydrogen-bond donors (Lipinski definition) is 3. The molecule has 13 heavy (non-hydrogen) atoms. The third-order valence-corrected chi connectivity index (χ3v) is 1.51. The van der Waals surface area contributed by atoms with Gasteiger partial charge in [-0.1, -0.05) is 11.6 Å². The van der Waals surface area contributed by atoms with E-state index < -0.39 is 5.97 Å². The Kier molecular flexibility index (Phi) is 2.92. The molecular formula is C7H8ClN3O2. The Morgan fingerprint density at radius 3 is 3.00 bits per heavy atom. The van der Waals surface area contributed by atoms with E-state index in [1.807, 2.05) is 0 Å². The summed E-state index contributed by atoms with van der Waals surface area (Å²) in [4.78, 5) is 14.0. The lowest BCUT2D eigenvalue weighted by atomic mass is 10.4. The molecule has 0 radical (unpaired) electrons. The molecule has 70 valence electrons. The van der Waals surface area contributed by atoms with Crippen molar-refractivity contribution in [3.63, 3.8) is 0 Å². The summed E-state index contributed by atoms with van der Waals surface area (Å²) in [5.74, 6) is -0.698. The molecule has 0 amide bonds. The first-order valence-electron chi connectivity index (χ1n) is 3.47. The molecule has 0 atom stereocenters. The number of nitrogens with one attached hydrogen (secondary N) is 1. The number of anilines is 2. The summed E-state index contributed by atoms with van der Waals surface area (Å²) in [7, 11) is 0. The Morgan fingerprint density at radius 1 is 1.69 bits per heavy atom. The predicted molar refractivity (Wildman–Crippen MR) is 49.8 cm³/mol. The average molecular weight is 202 g/mol. The molecule has 0 saturated carbocycles. The van der Waals surface area contributed by atoms with Crippen LogP contribution in [-0.4, -0.2) is 22.6 Å². The van der Waals surface area contributed by atoms with Crippen LogP contribution in [0.4, 0.5) is 11.5 Å². The highest BCUT2D eigenvalue weighted by Crippen LogP contribution is 2.17. The van der Waals surface area contributed by atoms with Crippen LogP contribution in [0, 0.1) is 0 Å². The van der Waals surface area contributed by atoms with E-state index in [0.717, 1.165) is 0 Å². The van der Waals surface area contributed by atoms with Crippen molar-refractivity contribution in [2.45, 2.75) is 0 Å². The number of hydrogen-bond acceptors (Lipinski definition) is 4. The van der Waals surface area contributed by atoms with Crippen LogP contribution in [0.5, 0.6) is 0 Å². The van der Waals surface area contributed by atoms with E-state index in [0.29, 0.717) is 5.69 Å². The summed E-state index contributed by atoms with van der Waals surface area (Å²) >= 11 is 5.58. The zero-order valence-corrected chi connectivity index (χ0v) is 7.38. The number of nitrogens with two attached hydrogens (primary N) is 1. The van der Waals surface area contributed by atoms with Gasteiger partial charge in [-0.2, -0.15) is 0 Å². The van der Waals surface area contributed by atoms with Gasteiger partial charge in [-0.25, -0.2) is 4.98 Å². The molecular weight excluding hydrogens is 194 g/mol. The summed E-state index contributed by atoms with van der Waals surface area (Å²) in [5.41, 5.74) is 5.87. The van der Waals surface area contributed by atoms with E-state index in [9.17, 15) is 4.79 Å². The molecule has 6 heteroatoms. The minimum atomic E-state index is -0.985. The second-order valence-corrected chi connectivity index (χ2v) is 2.71. The first-order valence-corrected chi connectivity index (χ1v) is 3.85. The lowest BCUT2D eigenvalue weighted by Crippen LogP contribution is -2.14. The summed E-state index contributed by atoms with van der Waals surface area (Å²) in [5, 5.41) is 11.2. The van der Waals surface area contributed by atoms with E-state index in [-0.39, 0.29) is 17.5 Å². The zero-order chi connectivity index (χ0) is 9.84. The Hall–Kier alpha value is -1.49. The van der Waals surface area contributed by atoms with Crippen LogP contribution in [0.3, 0.4) is 0 Å². The number of halogens is 1. The van der Waals surface area contributed by atoms with Gasteiger partial charge in [-0.3, -0.25) is 4.79 Å². The average Bonchev–Trinajstić information content (AvgIpc) is 2.06. The smallest absolute Gasteiger partial charge is 0.322 e. The lowest BCUT2D eigenvalue weighted by molar-refractivity contribution is -0.134. The molecule has 0 aromatic carbocycles. The summed E-state index contributed by atoms with van der Waals surface area (Å²) in [6.45, 7) is -0.239. The highest BCUT2D eigenvalue weighted by atomic mass is 35.5. The topological polar surface area (TPSA) is 88.2 Å². The number of carbonyl (C=O) groups is 1. The van der Waals surface area contributed by atoms with Gasteiger partial charge < -0.3 is 16.2 Å². The SMILES string of the molecule is Nc1ccc(Cl)nc1NCC(=O)O. The molecule has 0 bridgehead atoms. The largest absolute Gasteiger partial charge is 0.480 e. The molecule has 4 N–H and O–H groups in total. The highest BCUT2D eigenvalue weighted by molar-refractivity contribution is 6.29. The summed E-state index contributed by atoms with van der Waals surface area (Å²) < 4.78 is 0.